The van der Waals surface area contributed by atoms with Crippen molar-refractivity contribution in [2.75, 3.05) is 26.9 Å². The second-order valence-corrected chi connectivity index (χ2v) is 4.05. The van der Waals surface area contributed by atoms with Crippen LogP contribution in [-0.4, -0.2) is 26.9 Å². The molecule has 12 heavy (non-hydrogen) atoms. The van der Waals surface area contributed by atoms with E-state index >= 15 is 0 Å². The van der Waals surface area contributed by atoms with Crippen LogP contribution in [0, 0.1) is 5.41 Å². The van der Waals surface area contributed by atoms with Crippen LogP contribution < -0.4 is 5.48 Å². The van der Waals surface area contributed by atoms with Crippen molar-refractivity contribution in [2.45, 2.75) is 27.2 Å². The highest BCUT2D eigenvalue weighted by Crippen LogP contribution is 2.16. The SMILES string of the molecule is COCCONCCC(C)(C)C. The topological polar surface area (TPSA) is 30.5 Å². The van der Waals surface area contributed by atoms with Gasteiger partial charge in [-0.1, -0.05) is 20.8 Å². The molecule has 0 atom stereocenters. The molecule has 0 fully saturated rings. The van der Waals surface area contributed by atoms with E-state index in [9.17, 15) is 0 Å². The van der Waals surface area contributed by atoms with Gasteiger partial charge in [-0.2, -0.15) is 0 Å². The van der Waals surface area contributed by atoms with Gasteiger partial charge >= 0.3 is 0 Å². The van der Waals surface area contributed by atoms with Gasteiger partial charge in [0.25, 0.3) is 0 Å². The molecule has 0 bridgehead atoms. The minimum atomic E-state index is 0.373. The van der Waals surface area contributed by atoms with Gasteiger partial charge in [-0.05, 0) is 11.8 Å². The van der Waals surface area contributed by atoms with Crippen molar-refractivity contribution in [2.24, 2.45) is 5.41 Å². The molecular formula is C9H21NO2. The number of hydrogen-bond acceptors (Lipinski definition) is 3. The zero-order valence-electron chi connectivity index (χ0n) is 8.64. The Balaban J connectivity index is 3.01. The van der Waals surface area contributed by atoms with Crippen molar-refractivity contribution in [3.05, 3.63) is 0 Å². The van der Waals surface area contributed by atoms with Gasteiger partial charge in [-0.15, -0.1) is 0 Å². The summed E-state index contributed by atoms with van der Waals surface area (Å²) in [5.74, 6) is 0. The van der Waals surface area contributed by atoms with E-state index in [1.807, 2.05) is 0 Å². The first-order chi connectivity index (χ1) is 5.56. The first-order valence-electron chi connectivity index (χ1n) is 4.40. The molecule has 0 aliphatic heterocycles. The van der Waals surface area contributed by atoms with Gasteiger partial charge in [0.1, 0.15) is 0 Å². The van der Waals surface area contributed by atoms with Gasteiger partial charge < -0.3 is 4.74 Å². The van der Waals surface area contributed by atoms with Crippen LogP contribution in [0.5, 0.6) is 0 Å². The smallest absolute Gasteiger partial charge is 0.0915 e. The Kier molecular flexibility index (Phi) is 6.34. The minimum Gasteiger partial charge on any atom is -0.382 e. The van der Waals surface area contributed by atoms with Crippen molar-refractivity contribution in [3.8, 4) is 0 Å². The van der Waals surface area contributed by atoms with E-state index in [1.54, 1.807) is 7.11 Å². The summed E-state index contributed by atoms with van der Waals surface area (Å²) < 4.78 is 4.82. The lowest BCUT2D eigenvalue weighted by atomic mass is 9.93. The predicted molar refractivity (Wildman–Crippen MR) is 49.9 cm³/mol. The second-order valence-electron chi connectivity index (χ2n) is 4.05. The van der Waals surface area contributed by atoms with Crippen LogP contribution in [0.2, 0.25) is 0 Å². The number of ether oxygens (including phenoxy) is 1. The highest BCUT2D eigenvalue weighted by molar-refractivity contribution is 4.60. The molecule has 0 aromatic carbocycles. The maximum Gasteiger partial charge on any atom is 0.0915 e. The number of hydroxylamine groups is 1. The lowest BCUT2D eigenvalue weighted by molar-refractivity contribution is 0.00337. The average Bonchev–Trinajstić information content (AvgIpc) is 1.94. The molecule has 3 heteroatoms. The minimum absolute atomic E-state index is 0.373. The summed E-state index contributed by atoms with van der Waals surface area (Å²) in [7, 11) is 1.67. The van der Waals surface area contributed by atoms with E-state index < -0.39 is 0 Å². The number of hydrogen-bond donors (Lipinski definition) is 1. The highest BCUT2D eigenvalue weighted by atomic mass is 16.7. The van der Waals surface area contributed by atoms with E-state index in [1.165, 1.54) is 0 Å². The molecule has 0 rings (SSSR count). The van der Waals surface area contributed by atoms with Crippen molar-refractivity contribution in [1.82, 2.24) is 5.48 Å². The van der Waals surface area contributed by atoms with E-state index in [2.05, 4.69) is 26.3 Å². The molecule has 0 spiro atoms. The molecule has 74 valence electrons. The van der Waals surface area contributed by atoms with Gasteiger partial charge in [0.15, 0.2) is 0 Å². The molecule has 0 saturated carbocycles. The lowest BCUT2D eigenvalue weighted by Gasteiger charge is -2.17. The number of rotatable bonds is 6. The number of methoxy groups -OCH3 is 1. The Morgan fingerprint density at radius 1 is 1.17 bits per heavy atom. The molecular weight excluding hydrogens is 154 g/mol. The largest absolute Gasteiger partial charge is 0.382 e. The predicted octanol–water partition coefficient (Wildman–Crippen LogP) is 1.59. The molecule has 0 unspecified atom stereocenters. The van der Waals surface area contributed by atoms with Gasteiger partial charge in [0, 0.05) is 13.7 Å². The fourth-order valence-electron chi connectivity index (χ4n) is 0.695. The van der Waals surface area contributed by atoms with Gasteiger partial charge in [-0.3, -0.25) is 4.84 Å². The fourth-order valence-corrected chi connectivity index (χ4v) is 0.695. The van der Waals surface area contributed by atoms with Gasteiger partial charge in [0.2, 0.25) is 0 Å². The quantitative estimate of drug-likeness (QED) is 0.491. The number of nitrogens with one attached hydrogen (secondary N) is 1. The van der Waals surface area contributed by atoms with Crippen LogP contribution in [0.15, 0.2) is 0 Å². The normalized spacial score (nSPS) is 12.0. The standard InChI is InChI=1S/C9H21NO2/c1-9(2,3)5-6-10-12-8-7-11-4/h10H,5-8H2,1-4H3. The monoisotopic (exact) mass is 175 g/mol. The Hall–Kier alpha value is -0.120. The average molecular weight is 175 g/mol. The summed E-state index contributed by atoms with van der Waals surface area (Å²) >= 11 is 0. The Bertz CT molecular complexity index is 99.2. The summed E-state index contributed by atoms with van der Waals surface area (Å²) in [6, 6.07) is 0. The van der Waals surface area contributed by atoms with Crippen molar-refractivity contribution in [3.63, 3.8) is 0 Å². The molecule has 0 aromatic heterocycles. The highest BCUT2D eigenvalue weighted by Gasteiger charge is 2.08. The van der Waals surface area contributed by atoms with Crippen molar-refractivity contribution < 1.29 is 9.57 Å². The third kappa shape index (κ3) is 9.88. The Morgan fingerprint density at radius 3 is 2.33 bits per heavy atom. The molecule has 0 aromatic rings. The maximum atomic E-state index is 5.09. The summed E-state index contributed by atoms with van der Waals surface area (Å²) in [6.45, 7) is 8.79. The van der Waals surface area contributed by atoms with Crippen molar-refractivity contribution in [1.29, 1.82) is 0 Å². The van der Waals surface area contributed by atoms with E-state index in [0.29, 0.717) is 18.6 Å². The zero-order valence-corrected chi connectivity index (χ0v) is 8.64. The van der Waals surface area contributed by atoms with E-state index in [-0.39, 0.29) is 0 Å². The van der Waals surface area contributed by atoms with Gasteiger partial charge in [0.05, 0.1) is 13.2 Å². The third-order valence-electron chi connectivity index (χ3n) is 1.47. The maximum absolute atomic E-state index is 5.09. The molecule has 3 nitrogen and oxygen atoms in total. The summed E-state index contributed by atoms with van der Waals surface area (Å²) in [5.41, 5.74) is 3.27. The zero-order chi connectivity index (χ0) is 9.45. The molecule has 0 radical (unpaired) electrons. The second kappa shape index (κ2) is 6.40. The van der Waals surface area contributed by atoms with Crippen LogP contribution in [-0.2, 0) is 9.57 Å². The fraction of sp³-hybridized carbons (Fsp3) is 1.00. The lowest BCUT2D eigenvalue weighted by Crippen LogP contribution is -2.22. The van der Waals surface area contributed by atoms with Crippen LogP contribution in [0.3, 0.4) is 0 Å². The van der Waals surface area contributed by atoms with Crippen LogP contribution in [0.25, 0.3) is 0 Å². The summed E-state index contributed by atoms with van der Waals surface area (Å²) in [5, 5.41) is 0. The summed E-state index contributed by atoms with van der Waals surface area (Å²) in [6.07, 6.45) is 1.11. The summed E-state index contributed by atoms with van der Waals surface area (Å²) in [4.78, 5) is 5.09. The van der Waals surface area contributed by atoms with Crippen LogP contribution >= 0.6 is 0 Å². The Morgan fingerprint density at radius 2 is 1.83 bits per heavy atom. The third-order valence-corrected chi connectivity index (χ3v) is 1.47. The molecule has 0 amide bonds. The molecule has 0 heterocycles. The first kappa shape index (κ1) is 11.9. The molecule has 1 N–H and O–H groups in total. The van der Waals surface area contributed by atoms with Gasteiger partial charge in [-0.25, -0.2) is 5.48 Å². The van der Waals surface area contributed by atoms with E-state index in [0.717, 1.165) is 13.0 Å². The van der Waals surface area contributed by atoms with Crippen LogP contribution in [0.1, 0.15) is 27.2 Å². The Labute approximate surface area is 75.4 Å². The molecule has 0 aliphatic rings. The van der Waals surface area contributed by atoms with Crippen molar-refractivity contribution >= 4 is 0 Å². The van der Waals surface area contributed by atoms with Crippen LogP contribution in [0.4, 0.5) is 0 Å². The van der Waals surface area contributed by atoms with E-state index in [4.69, 9.17) is 9.57 Å². The first-order valence-corrected chi connectivity index (χ1v) is 4.40. The molecule has 0 saturated heterocycles. The molecule has 0 aliphatic carbocycles.